The first-order chi connectivity index (χ1) is 12.0. The van der Waals surface area contributed by atoms with Crippen LogP contribution >= 0.6 is 0 Å². The quantitative estimate of drug-likeness (QED) is 0.514. The van der Waals surface area contributed by atoms with Crippen molar-refractivity contribution in [2.75, 3.05) is 0 Å². The van der Waals surface area contributed by atoms with Gasteiger partial charge in [0, 0.05) is 12.0 Å². The predicted octanol–water partition coefficient (Wildman–Crippen LogP) is 4.70. The van der Waals surface area contributed by atoms with E-state index >= 15 is 0 Å². The standard InChI is InChI=1S/C21H34O4/c1-15(2)20(22)25-21(3)13-12-18(23-16-8-4-5-9-16)14-19(21)24-17-10-6-7-11-17/h16-19H,1,4-14H2,2-3H3. The highest BCUT2D eigenvalue weighted by molar-refractivity contribution is 5.87. The fourth-order valence-electron chi connectivity index (χ4n) is 4.51. The molecule has 0 bridgehead atoms. The molecule has 0 aliphatic heterocycles. The maximum atomic E-state index is 12.2. The predicted molar refractivity (Wildman–Crippen MR) is 97.4 cm³/mol. The fourth-order valence-corrected chi connectivity index (χ4v) is 4.51. The van der Waals surface area contributed by atoms with E-state index in [4.69, 9.17) is 14.2 Å². The molecule has 3 fully saturated rings. The number of esters is 1. The Morgan fingerprint density at radius 1 is 0.920 bits per heavy atom. The van der Waals surface area contributed by atoms with Crippen molar-refractivity contribution in [3.63, 3.8) is 0 Å². The van der Waals surface area contributed by atoms with E-state index in [9.17, 15) is 4.79 Å². The Bertz CT molecular complexity index is 476. The first kappa shape index (κ1) is 18.9. The van der Waals surface area contributed by atoms with E-state index in [0.29, 0.717) is 17.8 Å². The first-order valence-electron chi connectivity index (χ1n) is 10.2. The van der Waals surface area contributed by atoms with E-state index in [1.165, 1.54) is 38.5 Å². The molecule has 0 radical (unpaired) electrons. The molecular weight excluding hydrogens is 316 g/mol. The minimum Gasteiger partial charge on any atom is -0.453 e. The van der Waals surface area contributed by atoms with Crippen LogP contribution in [0.25, 0.3) is 0 Å². The second-order valence-corrected chi connectivity index (χ2v) is 8.45. The summed E-state index contributed by atoms with van der Waals surface area (Å²) >= 11 is 0. The van der Waals surface area contributed by atoms with Crippen LogP contribution in [0.5, 0.6) is 0 Å². The van der Waals surface area contributed by atoms with Gasteiger partial charge in [-0.15, -0.1) is 0 Å². The van der Waals surface area contributed by atoms with Gasteiger partial charge in [0.2, 0.25) is 0 Å². The van der Waals surface area contributed by atoms with Crippen LogP contribution in [0.3, 0.4) is 0 Å². The van der Waals surface area contributed by atoms with Crippen LogP contribution in [0.15, 0.2) is 12.2 Å². The first-order valence-corrected chi connectivity index (χ1v) is 10.2. The summed E-state index contributed by atoms with van der Waals surface area (Å²) in [5.41, 5.74) is -0.126. The van der Waals surface area contributed by atoms with Crippen molar-refractivity contribution < 1.29 is 19.0 Å². The van der Waals surface area contributed by atoms with Crippen molar-refractivity contribution in [1.29, 1.82) is 0 Å². The van der Waals surface area contributed by atoms with E-state index in [1.54, 1.807) is 6.92 Å². The lowest BCUT2D eigenvalue weighted by molar-refractivity contribution is -0.201. The summed E-state index contributed by atoms with van der Waals surface area (Å²) in [7, 11) is 0. The number of ether oxygens (including phenoxy) is 3. The molecule has 0 aromatic heterocycles. The van der Waals surface area contributed by atoms with E-state index in [0.717, 1.165) is 32.1 Å². The zero-order chi connectivity index (χ0) is 17.9. The third kappa shape index (κ3) is 4.85. The van der Waals surface area contributed by atoms with Gasteiger partial charge in [0.05, 0.1) is 24.4 Å². The average molecular weight is 350 g/mol. The largest absolute Gasteiger partial charge is 0.453 e. The van der Waals surface area contributed by atoms with Gasteiger partial charge in [-0.05, 0) is 52.4 Å². The van der Waals surface area contributed by atoms with Crippen LogP contribution in [0.2, 0.25) is 0 Å². The Morgan fingerprint density at radius 3 is 2.04 bits per heavy atom. The number of carbonyl (C=O) groups excluding carboxylic acids is 1. The van der Waals surface area contributed by atoms with Gasteiger partial charge in [-0.1, -0.05) is 32.3 Å². The lowest BCUT2D eigenvalue weighted by Crippen LogP contribution is -2.52. The smallest absolute Gasteiger partial charge is 0.333 e. The second kappa shape index (κ2) is 8.22. The van der Waals surface area contributed by atoms with Crippen LogP contribution in [0.4, 0.5) is 0 Å². The summed E-state index contributed by atoms with van der Waals surface area (Å²) in [6, 6.07) is 0. The van der Waals surface area contributed by atoms with Gasteiger partial charge in [-0.3, -0.25) is 0 Å². The summed E-state index contributed by atoms with van der Waals surface area (Å²) in [5, 5.41) is 0. The van der Waals surface area contributed by atoms with E-state index in [1.807, 2.05) is 6.92 Å². The van der Waals surface area contributed by atoms with Crippen molar-refractivity contribution in [2.45, 2.75) is 114 Å². The van der Waals surface area contributed by atoms with Crippen LogP contribution in [-0.2, 0) is 19.0 Å². The van der Waals surface area contributed by atoms with E-state index in [-0.39, 0.29) is 18.2 Å². The van der Waals surface area contributed by atoms with E-state index in [2.05, 4.69) is 6.58 Å². The number of carbonyl (C=O) groups is 1. The molecular formula is C21H34O4. The van der Waals surface area contributed by atoms with Gasteiger partial charge in [0.15, 0.2) is 0 Å². The molecule has 3 unspecified atom stereocenters. The molecule has 4 heteroatoms. The molecule has 0 amide bonds. The number of hydrogen-bond acceptors (Lipinski definition) is 4. The summed E-state index contributed by atoms with van der Waals surface area (Å²) in [4.78, 5) is 12.2. The van der Waals surface area contributed by atoms with Crippen molar-refractivity contribution in [3.8, 4) is 0 Å². The molecule has 0 spiro atoms. The van der Waals surface area contributed by atoms with Crippen LogP contribution < -0.4 is 0 Å². The molecule has 3 rings (SSSR count). The van der Waals surface area contributed by atoms with Crippen molar-refractivity contribution >= 4 is 5.97 Å². The highest BCUT2D eigenvalue weighted by Crippen LogP contribution is 2.39. The Labute approximate surface area is 152 Å². The van der Waals surface area contributed by atoms with Gasteiger partial charge in [-0.25, -0.2) is 4.79 Å². The molecule has 25 heavy (non-hydrogen) atoms. The molecule has 0 heterocycles. The van der Waals surface area contributed by atoms with Crippen LogP contribution in [-0.4, -0.2) is 36.0 Å². The average Bonchev–Trinajstić information content (AvgIpc) is 3.24. The molecule has 0 aromatic carbocycles. The van der Waals surface area contributed by atoms with E-state index < -0.39 is 5.60 Å². The molecule has 3 saturated carbocycles. The normalized spacial score (nSPS) is 34.3. The molecule has 4 nitrogen and oxygen atoms in total. The van der Waals surface area contributed by atoms with Gasteiger partial charge < -0.3 is 14.2 Å². The van der Waals surface area contributed by atoms with Crippen molar-refractivity contribution in [1.82, 2.24) is 0 Å². The van der Waals surface area contributed by atoms with Crippen molar-refractivity contribution in [2.24, 2.45) is 0 Å². The summed E-state index contributed by atoms with van der Waals surface area (Å²) in [6.07, 6.45) is 13.1. The van der Waals surface area contributed by atoms with Gasteiger partial charge in [0.25, 0.3) is 0 Å². The molecule has 0 N–H and O–H groups in total. The summed E-state index contributed by atoms with van der Waals surface area (Å²) < 4.78 is 18.7. The molecule has 142 valence electrons. The highest BCUT2D eigenvalue weighted by atomic mass is 16.6. The fraction of sp³-hybridized carbons (Fsp3) is 0.857. The summed E-state index contributed by atoms with van der Waals surface area (Å²) in [5.74, 6) is -0.308. The Hall–Kier alpha value is -0.870. The molecule has 3 aliphatic rings. The SMILES string of the molecule is C=C(C)C(=O)OC1(C)CCC(OC2CCCC2)CC1OC1CCCC1. The Kier molecular flexibility index (Phi) is 6.21. The Balaban J connectivity index is 1.65. The second-order valence-electron chi connectivity index (χ2n) is 8.45. The Morgan fingerprint density at radius 2 is 1.48 bits per heavy atom. The number of hydrogen-bond donors (Lipinski definition) is 0. The maximum Gasteiger partial charge on any atom is 0.333 e. The third-order valence-electron chi connectivity index (χ3n) is 6.14. The molecule has 0 aromatic rings. The molecule has 3 aliphatic carbocycles. The highest BCUT2D eigenvalue weighted by Gasteiger charge is 2.46. The monoisotopic (exact) mass is 350 g/mol. The van der Waals surface area contributed by atoms with Gasteiger partial charge >= 0.3 is 5.97 Å². The lowest BCUT2D eigenvalue weighted by atomic mass is 9.81. The third-order valence-corrected chi connectivity index (χ3v) is 6.14. The van der Waals surface area contributed by atoms with Crippen LogP contribution in [0, 0.1) is 0 Å². The van der Waals surface area contributed by atoms with Gasteiger partial charge in [-0.2, -0.15) is 0 Å². The summed E-state index contributed by atoms with van der Waals surface area (Å²) in [6.45, 7) is 7.45. The lowest BCUT2D eigenvalue weighted by Gasteiger charge is -2.44. The zero-order valence-electron chi connectivity index (χ0n) is 15.9. The van der Waals surface area contributed by atoms with Crippen LogP contribution in [0.1, 0.15) is 84.5 Å². The van der Waals surface area contributed by atoms with Gasteiger partial charge in [0.1, 0.15) is 5.60 Å². The minimum atomic E-state index is -0.575. The van der Waals surface area contributed by atoms with Crippen molar-refractivity contribution in [3.05, 3.63) is 12.2 Å². The molecule has 0 saturated heterocycles. The zero-order valence-corrected chi connectivity index (χ0v) is 15.9. The topological polar surface area (TPSA) is 44.8 Å². The minimum absolute atomic E-state index is 0.0842. The number of rotatable bonds is 6. The molecule has 3 atom stereocenters. The maximum absolute atomic E-state index is 12.2.